The predicted molar refractivity (Wildman–Crippen MR) is 49.7 cm³/mol. The molecule has 0 saturated heterocycles. The van der Waals surface area contributed by atoms with Crippen LogP contribution < -0.4 is 10.1 Å². The van der Waals surface area contributed by atoms with Crippen molar-refractivity contribution in [2.45, 2.75) is 13.3 Å². The molecule has 5 heteroatoms. The average molecular weight is 198 g/mol. The van der Waals surface area contributed by atoms with E-state index >= 15 is 0 Å². The van der Waals surface area contributed by atoms with Crippen molar-refractivity contribution < 1.29 is 13.9 Å². The van der Waals surface area contributed by atoms with Crippen LogP contribution in [0.25, 0.3) is 0 Å². The van der Waals surface area contributed by atoms with Gasteiger partial charge in [0, 0.05) is 12.6 Å². The first-order valence-corrected chi connectivity index (χ1v) is 4.17. The van der Waals surface area contributed by atoms with E-state index in [2.05, 4.69) is 10.3 Å². The van der Waals surface area contributed by atoms with E-state index in [9.17, 15) is 9.18 Å². The minimum Gasteiger partial charge on any atom is -0.479 e. The molecule has 0 aliphatic heterocycles. The van der Waals surface area contributed by atoms with Crippen molar-refractivity contribution >= 4 is 11.6 Å². The Morgan fingerprint density at radius 2 is 2.43 bits per heavy atom. The van der Waals surface area contributed by atoms with Gasteiger partial charge in [0.25, 0.3) is 0 Å². The Hall–Kier alpha value is -1.65. The molecule has 1 rings (SSSR count). The van der Waals surface area contributed by atoms with Gasteiger partial charge in [0.15, 0.2) is 5.82 Å². The molecule has 0 fully saturated rings. The van der Waals surface area contributed by atoms with E-state index < -0.39 is 5.82 Å². The number of rotatable bonds is 3. The lowest BCUT2D eigenvalue weighted by Crippen LogP contribution is -2.12. The lowest BCUT2D eigenvalue weighted by atomic mass is 10.3. The van der Waals surface area contributed by atoms with Gasteiger partial charge in [-0.1, -0.05) is 6.92 Å². The first-order chi connectivity index (χ1) is 6.69. The third kappa shape index (κ3) is 2.18. The maximum absolute atomic E-state index is 13.2. The van der Waals surface area contributed by atoms with Crippen molar-refractivity contribution in [1.29, 1.82) is 0 Å². The molecule has 76 valence electrons. The van der Waals surface area contributed by atoms with E-state index in [-0.39, 0.29) is 23.9 Å². The quantitative estimate of drug-likeness (QED) is 0.802. The number of methoxy groups -OCH3 is 1. The lowest BCUT2D eigenvalue weighted by Gasteiger charge is -2.08. The number of hydrogen-bond donors (Lipinski definition) is 1. The molecule has 0 bridgehead atoms. The number of anilines is 1. The Labute approximate surface area is 81.1 Å². The summed E-state index contributed by atoms with van der Waals surface area (Å²) < 4.78 is 18.0. The highest BCUT2D eigenvalue weighted by molar-refractivity contribution is 5.91. The highest BCUT2D eigenvalue weighted by Gasteiger charge is 2.12. The topological polar surface area (TPSA) is 51.2 Å². The molecule has 0 saturated carbocycles. The monoisotopic (exact) mass is 198 g/mol. The molecule has 1 heterocycles. The first-order valence-electron chi connectivity index (χ1n) is 4.17. The molecule has 0 spiro atoms. The van der Waals surface area contributed by atoms with Crippen LogP contribution in [0.5, 0.6) is 5.88 Å². The molecule has 0 radical (unpaired) electrons. The molecule has 0 atom stereocenters. The number of carbonyl (C=O) groups excluding carboxylic acids is 1. The number of hydrogen-bond acceptors (Lipinski definition) is 3. The summed E-state index contributed by atoms with van der Waals surface area (Å²) in [6.45, 7) is 1.68. The van der Waals surface area contributed by atoms with Crippen molar-refractivity contribution in [3.8, 4) is 5.88 Å². The van der Waals surface area contributed by atoms with Gasteiger partial charge < -0.3 is 10.1 Å². The van der Waals surface area contributed by atoms with Crippen molar-refractivity contribution in [3.05, 3.63) is 18.1 Å². The summed E-state index contributed by atoms with van der Waals surface area (Å²) in [7, 11) is 1.36. The summed E-state index contributed by atoms with van der Waals surface area (Å²) in [4.78, 5) is 14.8. The van der Waals surface area contributed by atoms with Crippen LogP contribution in [0, 0.1) is 5.82 Å². The Morgan fingerprint density at radius 3 is 3.00 bits per heavy atom. The van der Waals surface area contributed by atoms with Gasteiger partial charge in [-0.2, -0.15) is 0 Å². The predicted octanol–water partition coefficient (Wildman–Crippen LogP) is 1.58. The molecular weight excluding hydrogens is 187 g/mol. The molecule has 1 aromatic rings. The van der Waals surface area contributed by atoms with Gasteiger partial charge in [-0.15, -0.1) is 0 Å². The van der Waals surface area contributed by atoms with E-state index in [0.717, 1.165) is 6.07 Å². The van der Waals surface area contributed by atoms with Gasteiger partial charge in [-0.05, 0) is 6.07 Å². The summed E-state index contributed by atoms with van der Waals surface area (Å²) in [5, 5.41) is 2.38. The van der Waals surface area contributed by atoms with E-state index in [1.54, 1.807) is 6.92 Å². The normalized spacial score (nSPS) is 9.64. The molecule has 1 amide bonds. The second-order valence-electron chi connectivity index (χ2n) is 2.58. The number of pyridine rings is 1. The Bertz CT molecular complexity index is 342. The molecule has 14 heavy (non-hydrogen) atoms. The zero-order chi connectivity index (χ0) is 10.6. The number of nitrogens with one attached hydrogen (secondary N) is 1. The Kier molecular flexibility index (Phi) is 3.39. The highest BCUT2D eigenvalue weighted by Crippen LogP contribution is 2.24. The van der Waals surface area contributed by atoms with Gasteiger partial charge >= 0.3 is 0 Å². The zero-order valence-electron chi connectivity index (χ0n) is 8.00. The van der Waals surface area contributed by atoms with Crippen LogP contribution >= 0.6 is 0 Å². The van der Waals surface area contributed by atoms with Crippen LogP contribution in [0.3, 0.4) is 0 Å². The van der Waals surface area contributed by atoms with Gasteiger partial charge in [-0.3, -0.25) is 4.79 Å². The summed E-state index contributed by atoms with van der Waals surface area (Å²) in [5.74, 6) is -0.763. The zero-order valence-corrected chi connectivity index (χ0v) is 8.00. The maximum Gasteiger partial charge on any atom is 0.240 e. The van der Waals surface area contributed by atoms with Gasteiger partial charge in [-0.25, -0.2) is 9.37 Å². The molecule has 4 nitrogen and oxygen atoms in total. The van der Waals surface area contributed by atoms with Crippen molar-refractivity contribution in [3.63, 3.8) is 0 Å². The molecule has 1 N–H and O–H groups in total. The van der Waals surface area contributed by atoms with Crippen LogP contribution in [0.2, 0.25) is 0 Å². The fraction of sp³-hybridized carbons (Fsp3) is 0.333. The first kappa shape index (κ1) is 10.4. The Morgan fingerprint density at radius 1 is 1.71 bits per heavy atom. The fourth-order valence-electron chi connectivity index (χ4n) is 0.916. The number of amides is 1. The minimum absolute atomic E-state index is 0.0122. The van der Waals surface area contributed by atoms with Crippen molar-refractivity contribution in [2.75, 3.05) is 12.4 Å². The summed E-state index contributed by atoms with van der Waals surface area (Å²) >= 11 is 0. The summed E-state index contributed by atoms with van der Waals surface area (Å²) in [5.41, 5.74) is -0.0122. The molecule has 0 aliphatic carbocycles. The van der Waals surface area contributed by atoms with Crippen LogP contribution in [0.4, 0.5) is 10.1 Å². The third-order valence-corrected chi connectivity index (χ3v) is 1.64. The average Bonchev–Trinajstić information content (AvgIpc) is 2.20. The number of aromatic nitrogens is 1. The minimum atomic E-state index is -0.557. The van der Waals surface area contributed by atoms with Crippen LogP contribution in [0.1, 0.15) is 13.3 Å². The smallest absolute Gasteiger partial charge is 0.240 e. The van der Waals surface area contributed by atoms with Crippen molar-refractivity contribution in [2.24, 2.45) is 0 Å². The SMILES string of the molecule is CCC(=O)Nc1c(F)ccnc1OC. The number of carbonyl (C=O) groups is 1. The van der Waals surface area contributed by atoms with Crippen LogP contribution in [-0.4, -0.2) is 18.0 Å². The molecule has 0 aromatic carbocycles. The largest absolute Gasteiger partial charge is 0.479 e. The standard InChI is InChI=1S/C9H11FN2O2/c1-3-7(13)12-8-6(10)4-5-11-9(8)14-2/h4-5H,3H2,1-2H3,(H,12,13). The Balaban J connectivity index is 2.98. The number of ether oxygens (including phenoxy) is 1. The van der Waals surface area contributed by atoms with Crippen molar-refractivity contribution in [1.82, 2.24) is 4.98 Å². The van der Waals surface area contributed by atoms with E-state index in [1.807, 2.05) is 0 Å². The summed E-state index contributed by atoms with van der Waals surface area (Å²) in [6, 6.07) is 1.16. The number of halogens is 1. The van der Waals surface area contributed by atoms with Gasteiger partial charge in [0.1, 0.15) is 5.69 Å². The third-order valence-electron chi connectivity index (χ3n) is 1.64. The fourth-order valence-corrected chi connectivity index (χ4v) is 0.916. The molecular formula is C9H11FN2O2. The lowest BCUT2D eigenvalue weighted by molar-refractivity contribution is -0.115. The molecule has 0 unspecified atom stereocenters. The maximum atomic E-state index is 13.2. The van der Waals surface area contributed by atoms with E-state index in [4.69, 9.17) is 4.74 Å². The highest BCUT2D eigenvalue weighted by atomic mass is 19.1. The van der Waals surface area contributed by atoms with Gasteiger partial charge in [0.2, 0.25) is 11.8 Å². The summed E-state index contributed by atoms with van der Waals surface area (Å²) in [6.07, 6.45) is 1.55. The van der Waals surface area contributed by atoms with Gasteiger partial charge in [0.05, 0.1) is 7.11 Å². The number of nitrogens with zero attached hydrogens (tertiary/aromatic N) is 1. The van der Waals surface area contributed by atoms with E-state index in [0.29, 0.717) is 0 Å². The second kappa shape index (κ2) is 4.55. The molecule has 1 aromatic heterocycles. The second-order valence-corrected chi connectivity index (χ2v) is 2.58. The van der Waals surface area contributed by atoms with Crippen LogP contribution in [-0.2, 0) is 4.79 Å². The molecule has 0 aliphatic rings. The van der Waals surface area contributed by atoms with E-state index in [1.165, 1.54) is 13.3 Å². The van der Waals surface area contributed by atoms with Crippen LogP contribution in [0.15, 0.2) is 12.3 Å².